The van der Waals surface area contributed by atoms with E-state index in [1.165, 1.54) is 0 Å². The molecule has 1 amide bonds. The van der Waals surface area contributed by atoms with Crippen molar-refractivity contribution < 1.29 is 4.79 Å². The molecule has 0 aliphatic heterocycles. The van der Waals surface area contributed by atoms with Crippen LogP contribution in [0.5, 0.6) is 0 Å². The molecule has 106 valence electrons. The first kappa shape index (κ1) is 15.5. The number of carbonyl (C=O) groups excluding carboxylic acids is 1. The highest BCUT2D eigenvalue weighted by molar-refractivity contribution is 5.94. The molecule has 0 unspecified atom stereocenters. The maximum absolute atomic E-state index is 12.1. The Hall–Kier alpha value is -1.51. The molecule has 0 atom stereocenters. The molecule has 0 fully saturated rings. The average Bonchev–Trinajstić information content (AvgIpc) is 2.38. The van der Waals surface area contributed by atoms with E-state index in [0.717, 1.165) is 29.8 Å². The number of nitrogens with one attached hydrogen (secondary N) is 2. The van der Waals surface area contributed by atoms with Gasteiger partial charge in [-0.05, 0) is 49.4 Å². The van der Waals surface area contributed by atoms with E-state index < -0.39 is 0 Å². The van der Waals surface area contributed by atoms with Crippen LogP contribution in [0.2, 0.25) is 0 Å². The lowest BCUT2D eigenvalue weighted by atomic mass is 9.90. The summed E-state index contributed by atoms with van der Waals surface area (Å²) in [5.41, 5.74) is 3.07. The zero-order valence-electron chi connectivity index (χ0n) is 12.8. The van der Waals surface area contributed by atoms with Crippen molar-refractivity contribution in [3.63, 3.8) is 0 Å². The summed E-state index contributed by atoms with van der Waals surface area (Å²) in [6.07, 6.45) is 1.05. The second-order valence-corrected chi connectivity index (χ2v) is 5.76. The number of benzene rings is 1. The summed E-state index contributed by atoms with van der Waals surface area (Å²) in [6, 6.07) is 5.78. The smallest absolute Gasteiger partial charge is 0.251 e. The van der Waals surface area contributed by atoms with E-state index in [9.17, 15) is 4.79 Å². The van der Waals surface area contributed by atoms with Crippen molar-refractivity contribution in [3.05, 3.63) is 29.3 Å². The van der Waals surface area contributed by atoms with Crippen LogP contribution in [0.3, 0.4) is 0 Å². The largest absolute Gasteiger partial charge is 0.385 e. The lowest BCUT2D eigenvalue weighted by Crippen LogP contribution is -2.33. The van der Waals surface area contributed by atoms with Crippen molar-refractivity contribution in [2.75, 3.05) is 18.4 Å². The predicted octanol–water partition coefficient (Wildman–Crippen LogP) is 3.59. The van der Waals surface area contributed by atoms with Crippen LogP contribution >= 0.6 is 0 Å². The van der Waals surface area contributed by atoms with Gasteiger partial charge in [-0.15, -0.1) is 0 Å². The molecule has 0 saturated heterocycles. The van der Waals surface area contributed by atoms with Gasteiger partial charge in [-0.2, -0.15) is 0 Å². The zero-order valence-corrected chi connectivity index (χ0v) is 12.8. The Labute approximate surface area is 116 Å². The number of aryl methyl sites for hydroxylation is 1. The zero-order chi connectivity index (χ0) is 14.5. The fourth-order valence-corrected chi connectivity index (χ4v) is 1.74. The van der Waals surface area contributed by atoms with Crippen LogP contribution in [0.1, 0.15) is 50.0 Å². The molecule has 0 aromatic heterocycles. The monoisotopic (exact) mass is 262 g/mol. The Morgan fingerprint density at radius 1 is 1.26 bits per heavy atom. The van der Waals surface area contributed by atoms with Gasteiger partial charge < -0.3 is 10.6 Å². The summed E-state index contributed by atoms with van der Waals surface area (Å²) in [4.78, 5) is 12.1. The van der Waals surface area contributed by atoms with Crippen molar-refractivity contribution in [3.8, 4) is 0 Å². The van der Waals surface area contributed by atoms with Crippen LogP contribution in [0.4, 0.5) is 5.69 Å². The fraction of sp³-hybridized carbons (Fsp3) is 0.562. The first-order chi connectivity index (χ1) is 8.89. The maximum atomic E-state index is 12.1. The third-order valence-electron chi connectivity index (χ3n) is 3.54. The van der Waals surface area contributed by atoms with Crippen LogP contribution in [0.25, 0.3) is 0 Å². The van der Waals surface area contributed by atoms with Crippen molar-refractivity contribution in [1.82, 2.24) is 5.32 Å². The summed E-state index contributed by atoms with van der Waals surface area (Å²) < 4.78 is 0. The molecule has 0 spiro atoms. The Balaban J connectivity index is 2.70. The van der Waals surface area contributed by atoms with Gasteiger partial charge in [0.1, 0.15) is 0 Å². The lowest BCUT2D eigenvalue weighted by Gasteiger charge is -2.23. The van der Waals surface area contributed by atoms with Crippen molar-refractivity contribution in [1.29, 1.82) is 0 Å². The number of rotatable bonds is 6. The van der Waals surface area contributed by atoms with E-state index in [-0.39, 0.29) is 11.3 Å². The summed E-state index contributed by atoms with van der Waals surface area (Å²) >= 11 is 0. The van der Waals surface area contributed by atoms with Crippen LogP contribution < -0.4 is 10.6 Å². The molecule has 3 nitrogen and oxygen atoms in total. The molecule has 0 heterocycles. The van der Waals surface area contributed by atoms with Gasteiger partial charge in [0.15, 0.2) is 0 Å². The van der Waals surface area contributed by atoms with Gasteiger partial charge in [-0.1, -0.05) is 20.8 Å². The van der Waals surface area contributed by atoms with E-state index >= 15 is 0 Å². The number of amides is 1. The maximum Gasteiger partial charge on any atom is 0.251 e. The molecule has 2 N–H and O–H groups in total. The van der Waals surface area contributed by atoms with Gasteiger partial charge in [0.2, 0.25) is 0 Å². The van der Waals surface area contributed by atoms with Gasteiger partial charge >= 0.3 is 0 Å². The van der Waals surface area contributed by atoms with Crippen LogP contribution in [-0.4, -0.2) is 19.0 Å². The van der Waals surface area contributed by atoms with Gasteiger partial charge in [0.05, 0.1) is 0 Å². The number of anilines is 1. The Bertz CT molecular complexity index is 438. The second kappa shape index (κ2) is 6.60. The van der Waals surface area contributed by atoms with E-state index in [1.54, 1.807) is 0 Å². The summed E-state index contributed by atoms with van der Waals surface area (Å²) in [5.74, 6) is 0.00711. The molecule has 0 aliphatic rings. The molecular weight excluding hydrogens is 236 g/mol. The van der Waals surface area contributed by atoms with Crippen molar-refractivity contribution >= 4 is 11.6 Å². The molecule has 3 heteroatoms. The van der Waals surface area contributed by atoms with Crippen LogP contribution in [0.15, 0.2) is 18.2 Å². The third kappa shape index (κ3) is 4.58. The third-order valence-corrected chi connectivity index (χ3v) is 3.54. The van der Waals surface area contributed by atoms with Crippen molar-refractivity contribution in [2.24, 2.45) is 5.41 Å². The molecule has 1 aromatic rings. The van der Waals surface area contributed by atoms with E-state index in [2.05, 4.69) is 38.3 Å². The Morgan fingerprint density at radius 2 is 1.95 bits per heavy atom. The minimum Gasteiger partial charge on any atom is -0.385 e. The minimum atomic E-state index is 0.00711. The first-order valence-electron chi connectivity index (χ1n) is 7.02. The molecule has 0 aliphatic carbocycles. The SMILES string of the molecule is CCNc1ccc(C(=O)NCC(C)(C)CC)cc1C. The molecule has 0 bridgehead atoms. The van der Waals surface area contributed by atoms with Gasteiger partial charge in [-0.25, -0.2) is 0 Å². The summed E-state index contributed by atoms with van der Waals surface area (Å²) in [5, 5.41) is 6.29. The standard InChI is InChI=1S/C16H26N2O/c1-6-16(4,5)11-18-15(19)13-8-9-14(17-7-2)12(3)10-13/h8-10,17H,6-7,11H2,1-5H3,(H,18,19). The summed E-state index contributed by atoms with van der Waals surface area (Å²) in [7, 11) is 0. The highest BCUT2D eigenvalue weighted by atomic mass is 16.1. The minimum absolute atomic E-state index is 0.00711. The quantitative estimate of drug-likeness (QED) is 0.822. The second-order valence-electron chi connectivity index (χ2n) is 5.76. The topological polar surface area (TPSA) is 41.1 Å². The van der Waals surface area contributed by atoms with E-state index in [0.29, 0.717) is 6.54 Å². The fourth-order valence-electron chi connectivity index (χ4n) is 1.74. The average molecular weight is 262 g/mol. The highest BCUT2D eigenvalue weighted by Gasteiger charge is 2.16. The molecule has 19 heavy (non-hydrogen) atoms. The van der Waals surface area contributed by atoms with E-state index in [4.69, 9.17) is 0 Å². The molecule has 1 aromatic carbocycles. The molecule has 1 rings (SSSR count). The number of hydrogen-bond acceptors (Lipinski definition) is 2. The van der Waals surface area contributed by atoms with Gasteiger partial charge in [-0.3, -0.25) is 4.79 Å². The summed E-state index contributed by atoms with van der Waals surface area (Å²) in [6.45, 7) is 12.1. The normalized spacial score (nSPS) is 11.2. The van der Waals surface area contributed by atoms with Crippen LogP contribution in [-0.2, 0) is 0 Å². The van der Waals surface area contributed by atoms with Gasteiger partial charge in [0.25, 0.3) is 5.91 Å². The van der Waals surface area contributed by atoms with Crippen molar-refractivity contribution in [2.45, 2.75) is 41.0 Å². The Kier molecular flexibility index (Phi) is 5.40. The molecular formula is C16H26N2O. The molecule has 0 saturated carbocycles. The number of carbonyl (C=O) groups is 1. The molecule has 0 radical (unpaired) electrons. The van der Waals surface area contributed by atoms with E-state index in [1.807, 2.05) is 25.1 Å². The highest BCUT2D eigenvalue weighted by Crippen LogP contribution is 2.19. The predicted molar refractivity (Wildman–Crippen MR) is 81.7 cm³/mol. The van der Waals surface area contributed by atoms with Crippen LogP contribution in [0, 0.1) is 12.3 Å². The Morgan fingerprint density at radius 3 is 2.47 bits per heavy atom. The van der Waals surface area contributed by atoms with Gasteiger partial charge in [0, 0.05) is 24.3 Å². The lowest BCUT2D eigenvalue weighted by molar-refractivity contribution is 0.0935. The first-order valence-corrected chi connectivity index (χ1v) is 7.02. The number of hydrogen-bond donors (Lipinski definition) is 2.